The van der Waals surface area contributed by atoms with Crippen molar-refractivity contribution in [1.29, 1.82) is 0 Å². The van der Waals surface area contributed by atoms with Gasteiger partial charge in [0.15, 0.2) is 0 Å². The number of aliphatic carboxylic acids is 1. The van der Waals surface area contributed by atoms with Gasteiger partial charge in [-0.05, 0) is 96.8 Å². The summed E-state index contributed by atoms with van der Waals surface area (Å²) in [6.45, 7) is 0.612. The third-order valence-electron chi connectivity index (χ3n) is 12.2. The predicted molar refractivity (Wildman–Crippen MR) is 162 cm³/mol. The van der Waals surface area contributed by atoms with Crippen molar-refractivity contribution in [3.8, 4) is 0 Å². The van der Waals surface area contributed by atoms with Gasteiger partial charge in [-0.2, -0.15) is 0 Å². The number of carbonyl (C=O) groups excluding carboxylic acids is 3. The second kappa shape index (κ2) is 10.7. The van der Waals surface area contributed by atoms with Crippen LogP contribution in [0.4, 0.5) is 0 Å². The van der Waals surface area contributed by atoms with E-state index in [0.29, 0.717) is 43.7 Å². The SMILES string of the molecule is O=C(O)CNC(=O)[C@H]1CCCN1C(=O)C1C2c3ccccc3C(c3ccccc32)C1C(=O)NCC1C2CC3CC(C2)CC1C3. The number of nitrogens with zero attached hydrogens (tertiary/aromatic N) is 1. The summed E-state index contributed by atoms with van der Waals surface area (Å²) in [6, 6.07) is 15.7. The van der Waals surface area contributed by atoms with Gasteiger partial charge in [0, 0.05) is 24.9 Å². The van der Waals surface area contributed by atoms with E-state index in [-0.39, 0.29) is 23.7 Å². The van der Waals surface area contributed by atoms with Crippen LogP contribution in [-0.2, 0) is 19.2 Å². The van der Waals surface area contributed by atoms with E-state index in [2.05, 4.69) is 34.9 Å². The molecule has 5 fully saturated rings. The van der Waals surface area contributed by atoms with Crippen molar-refractivity contribution >= 4 is 23.7 Å². The molecule has 4 saturated carbocycles. The van der Waals surface area contributed by atoms with E-state index in [1.807, 2.05) is 24.3 Å². The van der Waals surface area contributed by atoms with Crippen molar-refractivity contribution in [1.82, 2.24) is 15.5 Å². The molecular weight excluding hydrogens is 554 g/mol. The number of hydrogen-bond donors (Lipinski definition) is 3. The second-order valence-corrected chi connectivity index (χ2v) is 14.4. The number of rotatable bonds is 7. The Morgan fingerprint density at radius 2 is 1.27 bits per heavy atom. The smallest absolute Gasteiger partial charge is 0.322 e. The molecule has 0 aromatic heterocycles. The standard InChI is InChI=1S/C36H41N3O5/c40-29(41)18-38-34(42)28-10-5-11-39(28)36(44)33-31-25-8-3-1-6-23(25)30(24-7-2-4-9-26(24)31)32(33)35(43)37-17-27-21-13-19-12-20(15-21)16-22(27)14-19/h1-4,6-9,19-22,27-28,30-33H,5,10-18H2,(H,37,43)(H,38,42)(H,40,41)/t19?,20?,21?,22?,27?,28-,30?,31?,32?,33?/m1/s1. The fraction of sp³-hybridized carbons (Fsp3) is 0.556. The van der Waals surface area contributed by atoms with Gasteiger partial charge >= 0.3 is 5.97 Å². The second-order valence-electron chi connectivity index (χ2n) is 14.4. The Kier molecular flexibility index (Phi) is 6.80. The van der Waals surface area contributed by atoms with Crippen LogP contribution >= 0.6 is 0 Å². The first-order valence-corrected chi connectivity index (χ1v) is 16.6. The van der Waals surface area contributed by atoms with Gasteiger partial charge in [-0.1, -0.05) is 48.5 Å². The number of carboxylic acid groups (broad SMARTS) is 1. The van der Waals surface area contributed by atoms with Gasteiger partial charge in [-0.3, -0.25) is 19.2 Å². The molecule has 1 aliphatic heterocycles. The minimum Gasteiger partial charge on any atom is -0.480 e. The summed E-state index contributed by atoms with van der Waals surface area (Å²) < 4.78 is 0. The lowest BCUT2D eigenvalue weighted by Crippen LogP contribution is -2.57. The summed E-state index contributed by atoms with van der Waals surface area (Å²) in [5, 5.41) is 15.0. The molecule has 44 heavy (non-hydrogen) atoms. The maximum Gasteiger partial charge on any atom is 0.322 e. The molecule has 8 nitrogen and oxygen atoms in total. The highest BCUT2D eigenvalue weighted by Gasteiger charge is 2.57. The molecule has 2 aromatic carbocycles. The lowest BCUT2D eigenvalue weighted by Gasteiger charge is -2.54. The molecule has 1 saturated heterocycles. The average molecular weight is 596 g/mol. The van der Waals surface area contributed by atoms with E-state index in [1.54, 1.807) is 4.90 Å². The van der Waals surface area contributed by atoms with Crippen LogP contribution in [0.25, 0.3) is 0 Å². The van der Waals surface area contributed by atoms with Crippen molar-refractivity contribution < 1.29 is 24.3 Å². The van der Waals surface area contributed by atoms with Crippen LogP contribution in [0.3, 0.4) is 0 Å². The van der Waals surface area contributed by atoms with Crippen molar-refractivity contribution in [2.75, 3.05) is 19.6 Å². The Morgan fingerprint density at radius 1 is 0.727 bits per heavy atom. The number of likely N-dealkylation sites (tertiary alicyclic amines) is 1. The molecule has 7 aliphatic carbocycles. The molecule has 8 aliphatic rings. The largest absolute Gasteiger partial charge is 0.480 e. The van der Waals surface area contributed by atoms with Crippen molar-refractivity contribution in [2.24, 2.45) is 41.4 Å². The third kappa shape index (κ3) is 4.39. The number of fused-ring (bicyclic) bond motifs is 1. The van der Waals surface area contributed by atoms with Crippen LogP contribution in [0.1, 0.15) is 79.0 Å². The van der Waals surface area contributed by atoms with Crippen LogP contribution in [0.2, 0.25) is 0 Å². The maximum absolute atomic E-state index is 14.7. The lowest BCUT2D eigenvalue weighted by atomic mass is 9.51. The molecule has 230 valence electrons. The van der Waals surface area contributed by atoms with Crippen LogP contribution < -0.4 is 10.6 Å². The molecule has 2 aromatic rings. The maximum atomic E-state index is 14.7. The van der Waals surface area contributed by atoms with E-state index in [1.165, 1.54) is 32.1 Å². The molecular formula is C36H41N3O5. The normalized spacial score (nSPS) is 35.6. The Morgan fingerprint density at radius 3 is 1.82 bits per heavy atom. The summed E-state index contributed by atoms with van der Waals surface area (Å²) in [6.07, 6.45) is 7.72. The van der Waals surface area contributed by atoms with Crippen LogP contribution in [0.15, 0.2) is 48.5 Å². The summed E-state index contributed by atoms with van der Waals surface area (Å²) in [4.78, 5) is 55.1. The van der Waals surface area contributed by atoms with E-state index >= 15 is 0 Å². The predicted octanol–water partition coefficient (Wildman–Crippen LogP) is 3.89. The van der Waals surface area contributed by atoms with Gasteiger partial charge in [0.1, 0.15) is 12.6 Å². The van der Waals surface area contributed by atoms with E-state index in [9.17, 15) is 19.2 Å². The van der Waals surface area contributed by atoms with Crippen molar-refractivity contribution in [3.05, 3.63) is 70.8 Å². The topological polar surface area (TPSA) is 116 Å². The number of carbonyl (C=O) groups is 4. The van der Waals surface area contributed by atoms with Gasteiger partial charge < -0.3 is 20.6 Å². The monoisotopic (exact) mass is 595 g/mol. The fourth-order valence-electron chi connectivity index (χ4n) is 10.8. The highest BCUT2D eigenvalue weighted by Crippen LogP contribution is 2.59. The third-order valence-corrected chi connectivity index (χ3v) is 12.2. The van der Waals surface area contributed by atoms with Crippen LogP contribution in [0.5, 0.6) is 0 Å². The zero-order valence-electron chi connectivity index (χ0n) is 25.0. The Labute approximate surface area is 258 Å². The molecule has 10 rings (SSSR count). The Balaban J connectivity index is 1.13. The minimum absolute atomic E-state index is 0.0535. The number of hydrogen-bond acceptors (Lipinski definition) is 4. The van der Waals surface area contributed by atoms with Crippen LogP contribution in [0, 0.1) is 41.4 Å². The van der Waals surface area contributed by atoms with E-state index < -0.39 is 36.3 Å². The summed E-state index contributed by atoms with van der Waals surface area (Å²) in [7, 11) is 0. The first kappa shape index (κ1) is 27.8. The zero-order chi connectivity index (χ0) is 30.1. The van der Waals surface area contributed by atoms with Crippen molar-refractivity contribution in [3.63, 3.8) is 0 Å². The summed E-state index contributed by atoms with van der Waals surface area (Å²) in [5.74, 6) is 0.0904. The van der Waals surface area contributed by atoms with E-state index in [0.717, 1.165) is 34.1 Å². The van der Waals surface area contributed by atoms with Gasteiger partial charge in [-0.15, -0.1) is 0 Å². The molecule has 0 radical (unpaired) electrons. The molecule has 0 spiro atoms. The molecule has 1 heterocycles. The highest BCUT2D eigenvalue weighted by atomic mass is 16.4. The number of carboxylic acids is 1. The quantitative estimate of drug-likeness (QED) is 0.449. The summed E-state index contributed by atoms with van der Waals surface area (Å²) in [5.41, 5.74) is 4.41. The molecule has 3 atom stereocenters. The number of benzene rings is 2. The molecule has 3 N–H and O–H groups in total. The zero-order valence-corrected chi connectivity index (χ0v) is 25.0. The van der Waals surface area contributed by atoms with Crippen LogP contribution in [-0.4, -0.2) is 59.4 Å². The average Bonchev–Trinajstić information content (AvgIpc) is 3.52. The fourth-order valence-corrected chi connectivity index (χ4v) is 10.8. The van der Waals surface area contributed by atoms with Crippen molar-refractivity contribution in [2.45, 2.75) is 62.8 Å². The first-order valence-electron chi connectivity index (χ1n) is 16.6. The van der Waals surface area contributed by atoms with Gasteiger partial charge in [-0.25, -0.2) is 0 Å². The number of amides is 3. The molecule has 8 heteroatoms. The van der Waals surface area contributed by atoms with Gasteiger partial charge in [0.25, 0.3) is 0 Å². The molecule has 3 amide bonds. The lowest BCUT2D eigenvalue weighted by molar-refractivity contribution is -0.148. The summed E-state index contributed by atoms with van der Waals surface area (Å²) >= 11 is 0. The Hall–Kier alpha value is -3.68. The highest BCUT2D eigenvalue weighted by molar-refractivity contribution is 5.95. The molecule has 6 bridgehead atoms. The van der Waals surface area contributed by atoms with Gasteiger partial charge in [0.05, 0.1) is 11.8 Å². The number of nitrogens with one attached hydrogen (secondary N) is 2. The van der Waals surface area contributed by atoms with E-state index in [4.69, 9.17) is 5.11 Å². The first-order chi connectivity index (χ1) is 21.4. The molecule has 2 unspecified atom stereocenters. The van der Waals surface area contributed by atoms with Gasteiger partial charge in [0.2, 0.25) is 17.7 Å². The Bertz CT molecular complexity index is 1450. The minimum atomic E-state index is -1.12.